The molecule has 0 bridgehead atoms. The monoisotopic (exact) mass is 226 g/mol. The Morgan fingerprint density at radius 1 is 1.18 bits per heavy atom. The first-order chi connectivity index (χ1) is 8.25. The second kappa shape index (κ2) is 3.63. The Kier molecular flexibility index (Phi) is 2.11. The molecular weight excluding hydrogens is 217 g/mol. The van der Waals surface area contributed by atoms with Gasteiger partial charge in [0.2, 0.25) is 0 Å². The molecule has 2 N–H and O–H groups in total. The molecule has 1 radical (unpaired) electrons. The van der Waals surface area contributed by atoms with E-state index >= 15 is 0 Å². The molecule has 17 heavy (non-hydrogen) atoms. The number of aromatic nitrogens is 1. The molecule has 1 heterocycles. The number of rotatable bonds is 1. The molecule has 1 aromatic heterocycles. The number of phenols is 1. The second-order valence-electron chi connectivity index (χ2n) is 3.84. The third kappa shape index (κ3) is 1.56. The van der Waals surface area contributed by atoms with Gasteiger partial charge in [-0.2, -0.15) is 0 Å². The normalized spacial score (nSPS) is 10.9. The Morgan fingerprint density at radius 3 is 2.88 bits per heavy atom. The summed E-state index contributed by atoms with van der Waals surface area (Å²) in [6, 6.07) is 12.5. The van der Waals surface area contributed by atoms with Crippen LogP contribution in [0.5, 0.6) is 5.75 Å². The van der Waals surface area contributed by atoms with E-state index in [0.29, 0.717) is 5.56 Å². The van der Waals surface area contributed by atoms with Crippen LogP contribution in [0, 0.1) is 11.9 Å². The van der Waals surface area contributed by atoms with Gasteiger partial charge in [0, 0.05) is 11.7 Å². The summed E-state index contributed by atoms with van der Waals surface area (Å²) < 4.78 is 13.7. The van der Waals surface area contributed by atoms with E-state index in [1.54, 1.807) is 6.07 Å². The number of nitrogens with one attached hydrogen (secondary N) is 1. The minimum atomic E-state index is -0.476. The first-order valence-corrected chi connectivity index (χ1v) is 5.22. The summed E-state index contributed by atoms with van der Waals surface area (Å²) in [5, 5.41) is 10.7. The fourth-order valence-electron chi connectivity index (χ4n) is 1.95. The third-order valence-corrected chi connectivity index (χ3v) is 2.77. The summed E-state index contributed by atoms with van der Waals surface area (Å²) in [6.07, 6.45) is 1.82. The molecule has 0 amide bonds. The van der Waals surface area contributed by atoms with Crippen LogP contribution in [0.1, 0.15) is 0 Å². The zero-order valence-electron chi connectivity index (χ0n) is 8.87. The Hall–Kier alpha value is -2.29. The summed E-state index contributed by atoms with van der Waals surface area (Å²) in [5.41, 5.74) is 1.76. The van der Waals surface area contributed by atoms with Crippen LogP contribution in [0.15, 0.2) is 42.6 Å². The van der Waals surface area contributed by atoms with Crippen molar-refractivity contribution in [3.8, 4) is 16.9 Å². The van der Waals surface area contributed by atoms with Gasteiger partial charge in [-0.1, -0.05) is 12.1 Å². The minimum absolute atomic E-state index is 0.101. The maximum absolute atomic E-state index is 13.7. The van der Waals surface area contributed by atoms with Crippen molar-refractivity contribution in [3.63, 3.8) is 0 Å². The smallest absolute Gasteiger partial charge is 0.135 e. The van der Waals surface area contributed by atoms with Gasteiger partial charge in [0.15, 0.2) is 0 Å². The van der Waals surface area contributed by atoms with Gasteiger partial charge in [-0.05, 0) is 41.3 Å². The number of aromatic amines is 1. The van der Waals surface area contributed by atoms with Crippen molar-refractivity contribution in [2.24, 2.45) is 0 Å². The van der Waals surface area contributed by atoms with Crippen molar-refractivity contribution in [2.45, 2.75) is 0 Å². The van der Waals surface area contributed by atoms with E-state index in [4.69, 9.17) is 0 Å². The van der Waals surface area contributed by atoms with Gasteiger partial charge in [-0.3, -0.25) is 0 Å². The van der Waals surface area contributed by atoms with Gasteiger partial charge < -0.3 is 10.1 Å². The number of aromatic hydroxyl groups is 1. The van der Waals surface area contributed by atoms with Crippen molar-refractivity contribution in [1.82, 2.24) is 4.98 Å². The molecule has 0 saturated carbocycles. The summed E-state index contributed by atoms with van der Waals surface area (Å²) in [4.78, 5) is 3.06. The van der Waals surface area contributed by atoms with Crippen LogP contribution in [0.25, 0.3) is 22.0 Å². The number of H-pyrrole nitrogens is 1. The van der Waals surface area contributed by atoms with Crippen LogP contribution in [0.2, 0.25) is 0 Å². The lowest BCUT2D eigenvalue weighted by Crippen LogP contribution is -1.85. The predicted octanol–water partition coefficient (Wildman–Crippen LogP) is 3.48. The highest BCUT2D eigenvalue weighted by molar-refractivity contribution is 5.86. The fourth-order valence-corrected chi connectivity index (χ4v) is 1.95. The highest BCUT2D eigenvalue weighted by Gasteiger charge is 2.10. The quantitative estimate of drug-likeness (QED) is 0.654. The van der Waals surface area contributed by atoms with Gasteiger partial charge in [-0.15, -0.1) is 0 Å². The van der Waals surface area contributed by atoms with Crippen LogP contribution in [-0.2, 0) is 0 Å². The Bertz CT molecular complexity index is 667. The van der Waals surface area contributed by atoms with Crippen LogP contribution in [0.4, 0.5) is 4.39 Å². The maximum Gasteiger partial charge on any atom is 0.135 e. The molecule has 3 aromatic rings. The molecule has 3 rings (SSSR count). The van der Waals surface area contributed by atoms with Crippen LogP contribution >= 0.6 is 0 Å². The van der Waals surface area contributed by atoms with Crippen molar-refractivity contribution in [1.29, 1.82) is 0 Å². The van der Waals surface area contributed by atoms with E-state index in [2.05, 4.69) is 11.1 Å². The lowest BCUT2D eigenvalue weighted by molar-refractivity contribution is 0.472. The SMILES string of the molecule is Oc1c[c]cc(F)c1-c1ccc2cc[nH]c2c1. The molecule has 0 unspecified atom stereocenters. The van der Waals surface area contributed by atoms with E-state index in [-0.39, 0.29) is 11.3 Å². The second-order valence-corrected chi connectivity index (χ2v) is 3.84. The Balaban J connectivity index is 2.26. The van der Waals surface area contributed by atoms with E-state index in [9.17, 15) is 9.50 Å². The molecule has 0 atom stereocenters. The Morgan fingerprint density at radius 2 is 2.06 bits per heavy atom. The van der Waals surface area contributed by atoms with E-state index in [1.807, 2.05) is 24.4 Å². The summed E-state index contributed by atoms with van der Waals surface area (Å²) in [6.45, 7) is 0. The molecule has 2 nitrogen and oxygen atoms in total. The van der Waals surface area contributed by atoms with Gasteiger partial charge in [0.05, 0.1) is 5.56 Å². The average molecular weight is 226 g/mol. The van der Waals surface area contributed by atoms with Crippen molar-refractivity contribution in [2.75, 3.05) is 0 Å². The van der Waals surface area contributed by atoms with E-state index < -0.39 is 5.82 Å². The van der Waals surface area contributed by atoms with Gasteiger partial charge >= 0.3 is 0 Å². The molecule has 0 spiro atoms. The zero-order valence-corrected chi connectivity index (χ0v) is 8.87. The summed E-state index contributed by atoms with van der Waals surface area (Å²) in [7, 11) is 0. The lowest BCUT2D eigenvalue weighted by atomic mass is 10.0. The third-order valence-electron chi connectivity index (χ3n) is 2.77. The van der Waals surface area contributed by atoms with Crippen molar-refractivity contribution < 1.29 is 9.50 Å². The average Bonchev–Trinajstić information content (AvgIpc) is 2.76. The van der Waals surface area contributed by atoms with E-state index in [0.717, 1.165) is 10.9 Å². The Labute approximate surface area is 97.3 Å². The molecule has 0 aliphatic carbocycles. The molecule has 2 aromatic carbocycles. The molecule has 83 valence electrons. The molecule has 0 aliphatic rings. The molecule has 0 aliphatic heterocycles. The molecular formula is C14H9FNO. The number of fused-ring (bicyclic) bond motifs is 1. The largest absolute Gasteiger partial charge is 0.507 e. The van der Waals surface area contributed by atoms with Crippen LogP contribution < -0.4 is 0 Å². The molecule has 3 heteroatoms. The summed E-state index contributed by atoms with van der Waals surface area (Å²) >= 11 is 0. The zero-order chi connectivity index (χ0) is 11.8. The number of halogens is 1. The number of hydrogen-bond acceptors (Lipinski definition) is 1. The van der Waals surface area contributed by atoms with Crippen LogP contribution in [-0.4, -0.2) is 10.1 Å². The van der Waals surface area contributed by atoms with Crippen molar-refractivity contribution in [3.05, 3.63) is 54.5 Å². The topological polar surface area (TPSA) is 36.0 Å². The van der Waals surface area contributed by atoms with Crippen molar-refractivity contribution >= 4 is 10.9 Å². The number of hydrogen-bond donors (Lipinski definition) is 2. The lowest BCUT2D eigenvalue weighted by Gasteiger charge is -2.06. The molecule has 0 saturated heterocycles. The number of benzene rings is 2. The summed E-state index contributed by atoms with van der Waals surface area (Å²) in [5.74, 6) is -0.577. The number of phenolic OH excluding ortho intramolecular Hbond substituents is 1. The van der Waals surface area contributed by atoms with E-state index in [1.165, 1.54) is 12.1 Å². The van der Waals surface area contributed by atoms with Gasteiger partial charge in [-0.25, -0.2) is 4.39 Å². The standard InChI is InChI=1S/C14H9FNO/c15-11-2-1-3-13(17)14(11)10-5-4-9-6-7-16-12(9)8-10/h2-8,16-17H. The molecule has 0 fully saturated rings. The first kappa shape index (κ1) is 9.90. The predicted molar refractivity (Wildman–Crippen MR) is 64.2 cm³/mol. The van der Waals surface area contributed by atoms with Gasteiger partial charge in [0.25, 0.3) is 0 Å². The van der Waals surface area contributed by atoms with Gasteiger partial charge in [0.1, 0.15) is 11.6 Å². The minimum Gasteiger partial charge on any atom is -0.507 e. The van der Waals surface area contributed by atoms with Crippen LogP contribution in [0.3, 0.4) is 0 Å². The highest BCUT2D eigenvalue weighted by atomic mass is 19.1. The highest BCUT2D eigenvalue weighted by Crippen LogP contribution is 2.32. The maximum atomic E-state index is 13.7. The first-order valence-electron chi connectivity index (χ1n) is 5.22. The fraction of sp³-hybridized carbons (Fsp3) is 0.